The van der Waals surface area contributed by atoms with Gasteiger partial charge in [-0.05, 0) is 26.7 Å². The van der Waals surface area contributed by atoms with Gasteiger partial charge in [-0.15, -0.1) is 12.4 Å². The zero-order chi connectivity index (χ0) is 15.5. The van der Waals surface area contributed by atoms with Crippen LogP contribution >= 0.6 is 12.4 Å². The number of hydrogen-bond donors (Lipinski definition) is 2. The topological polar surface area (TPSA) is 90.0 Å². The van der Waals surface area contributed by atoms with Gasteiger partial charge in [-0.2, -0.15) is 0 Å². The summed E-state index contributed by atoms with van der Waals surface area (Å²) in [7, 11) is -3.58. The summed E-state index contributed by atoms with van der Waals surface area (Å²) >= 11 is 0. The number of aryl methyl sites for hydroxylation is 2. The molecule has 1 aliphatic carbocycles. The standard InChI is InChI=1S/C14H26N4O2S.ClH/c1-3-18-10-13(17-12(18)2)21(19,20)16-11-14(15)8-6-4-5-7-9-14;/h10,16H,3-9,11,15H2,1-2H3;1H. The third-order valence-corrected chi connectivity index (χ3v) is 5.56. The van der Waals surface area contributed by atoms with E-state index in [4.69, 9.17) is 5.73 Å². The quantitative estimate of drug-likeness (QED) is 0.794. The van der Waals surface area contributed by atoms with E-state index >= 15 is 0 Å². The summed E-state index contributed by atoms with van der Waals surface area (Å²) in [5.41, 5.74) is 5.93. The number of nitrogens with one attached hydrogen (secondary N) is 1. The van der Waals surface area contributed by atoms with Crippen LogP contribution in [0.4, 0.5) is 0 Å². The summed E-state index contributed by atoms with van der Waals surface area (Å²) in [6.45, 7) is 4.75. The van der Waals surface area contributed by atoms with Gasteiger partial charge in [0.2, 0.25) is 0 Å². The van der Waals surface area contributed by atoms with E-state index in [0.717, 1.165) is 25.7 Å². The molecular weight excluding hydrogens is 324 g/mol. The van der Waals surface area contributed by atoms with Gasteiger partial charge in [0, 0.05) is 24.8 Å². The van der Waals surface area contributed by atoms with Crippen LogP contribution in [-0.2, 0) is 16.6 Å². The molecule has 0 unspecified atom stereocenters. The SMILES string of the molecule is CCn1cc(S(=O)(=O)NCC2(N)CCCCCC2)nc1C.Cl. The van der Waals surface area contributed by atoms with Crippen molar-refractivity contribution < 1.29 is 8.42 Å². The Morgan fingerprint density at radius 1 is 1.32 bits per heavy atom. The van der Waals surface area contributed by atoms with Crippen molar-refractivity contribution in [3.05, 3.63) is 12.0 Å². The van der Waals surface area contributed by atoms with Gasteiger partial charge in [0.25, 0.3) is 10.0 Å². The smallest absolute Gasteiger partial charge is 0.259 e. The minimum atomic E-state index is -3.58. The molecule has 1 saturated carbocycles. The van der Waals surface area contributed by atoms with E-state index in [-0.39, 0.29) is 24.0 Å². The Morgan fingerprint density at radius 2 is 1.91 bits per heavy atom. The van der Waals surface area contributed by atoms with Gasteiger partial charge in [0.05, 0.1) is 0 Å². The van der Waals surface area contributed by atoms with Crippen LogP contribution in [0.5, 0.6) is 0 Å². The number of halogens is 1. The van der Waals surface area contributed by atoms with E-state index in [1.807, 2.05) is 11.5 Å². The molecule has 0 amide bonds. The molecule has 8 heteroatoms. The van der Waals surface area contributed by atoms with Crippen molar-refractivity contribution in [3.63, 3.8) is 0 Å². The Balaban J connectivity index is 0.00000242. The van der Waals surface area contributed by atoms with Crippen LogP contribution in [0.3, 0.4) is 0 Å². The van der Waals surface area contributed by atoms with E-state index < -0.39 is 15.6 Å². The molecule has 0 saturated heterocycles. The highest BCUT2D eigenvalue weighted by Gasteiger charge is 2.29. The van der Waals surface area contributed by atoms with Crippen LogP contribution in [0.2, 0.25) is 0 Å². The van der Waals surface area contributed by atoms with Gasteiger partial charge in [-0.1, -0.05) is 25.7 Å². The molecule has 3 N–H and O–H groups in total. The molecule has 1 fully saturated rings. The highest BCUT2D eigenvalue weighted by Crippen LogP contribution is 2.24. The maximum atomic E-state index is 12.3. The summed E-state index contributed by atoms with van der Waals surface area (Å²) in [6.07, 6.45) is 7.84. The van der Waals surface area contributed by atoms with Crippen LogP contribution in [0, 0.1) is 6.92 Å². The van der Waals surface area contributed by atoms with Gasteiger partial charge in [0.15, 0.2) is 5.03 Å². The zero-order valence-corrected chi connectivity index (χ0v) is 15.0. The first kappa shape index (κ1) is 19.4. The normalized spacial score (nSPS) is 18.5. The second-order valence-electron chi connectivity index (χ2n) is 6.01. The Hall–Kier alpha value is -0.630. The lowest BCUT2D eigenvalue weighted by Crippen LogP contribution is -2.49. The van der Waals surface area contributed by atoms with Gasteiger partial charge in [-0.25, -0.2) is 18.1 Å². The lowest BCUT2D eigenvalue weighted by molar-refractivity contribution is 0.369. The Bertz CT molecular complexity index is 578. The van der Waals surface area contributed by atoms with Crippen molar-refractivity contribution in [1.82, 2.24) is 14.3 Å². The van der Waals surface area contributed by atoms with Crippen molar-refractivity contribution >= 4 is 22.4 Å². The highest BCUT2D eigenvalue weighted by atomic mass is 35.5. The third-order valence-electron chi connectivity index (χ3n) is 4.28. The van der Waals surface area contributed by atoms with Crippen LogP contribution in [0.15, 0.2) is 11.2 Å². The Kier molecular flexibility index (Phi) is 6.85. The van der Waals surface area contributed by atoms with E-state index in [2.05, 4.69) is 9.71 Å². The molecule has 0 radical (unpaired) electrons. The predicted molar refractivity (Wildman–Crippen MR) is 89.7 cm³/mol. The second-order valence-corrected chi connectivity index (χ2v) is 7.73. The van der Waals surface area contributed by atoms with Gasteiger partial charge in [-0.3, -0.25) is 0 Å². The molecule has 1 aromatic heterocycles. The number of hydrogen-bond acceptors (Lipinski definition) is 4. The Labute approximate surface area is 139 Å². The van der Waals surface area contributed by atoms with Gasteiger partial charge in [0.1, 0.15) is 5.82 Å². The summed E-state index contributed by atoms with van der Waals surface area (Å²) in [5.74, 6) is 0.704. The summed E-state index contributed by atoms with van der Waals surface area (Å²) in [5, 5.41) is 0.0825. The molecule has 0 aromatic carbocycles. The average molecular weight is 351 g/mol. The average Bonchev–Trinajstić information content (AvgIpc) is 2.69. The van der Waals surface area contributed by atoms with E-state index in [9.17, 15) is 8.42 Å². The molecule has 1 heterocycles. The molecule has 22 heavy (non-hydrogen) atoms. The molecule has 0 aliphatic heterocycles. The predicted octanol–water partition coefficient (Wildman–Crippen LogP) is 1.96. The van der Waals surface area contributed by atoms with Crippen molar-refractivity contribution in [2.75, 3.05) is 6.54 Å². The highest BCUT2D eigenvalue weighted by molar-refractivity contribution is 7.89. The van der Waals surface area contributed by atoms with Crippen LogP contribution in [0.1, 0.15) is 51.3 Å². The molecule has 1 aromatic rings. The summed E-state index contributed by atoms with van der Waals surface area (Å²) < 4.78 is 29.2. The fourth-order valence-corrected chi connectivity index (χ4v) is 3.99. The number of rotatable bonds is 5. The van der Waals surface area contributed by atoms with Crippen LogP contribution in [0.25, 0.3) is 0 Å². The van der Waals surface area contributed by atoms with Gasteiger partial charge >= 0.3 is 0 Å². The number of aromatic nitrogens is 2. The number of nitrogens with two attached hydrogens (primary N) is 1. The van der Waals surface area contributed by atoms with Crippen molar-refractivity contribution in [3.8, 4) is 0 Å². The molecule has 0 spiro atoms. The van der Waals surface area contributed by atoms with Crippen molar-refractivity contribution in [2.45, 2.75) is 69.5 Å². The van der Waals surface area contributed by atoms with Crippen LogP contribution in [-0.4, -0.2) is 30.1 Å². The number of nitrogens with zero attached hydrogens (tertiary/aromatic N) is 2. The van der Waals surface area contributed by atoms with Crippen molar-refractivity contribution in [1.29, 1.82) is 0 Å². The first-order valence-corrected chi connectivity index (χ1v) is 9.17. The molecule has 0 atom stereocenters. The number of imidazole rings is 1. The lowest BCUT2D eigenvalue weighted by Gasteiger charge is -2.27. The largest absolute Gasteiger partial charge is 0.334 e. The van der Waals surface area contributed by atoms with E-state index in [1.165, 1.54) is 12.8 Å². The minimum Gasteiger partial charge on any atom is -0.334 e. The molecule has 128 valence electrons. The van der Waals surface area contributed by atoms with Crippen molar-refractivity contribution in [2.24, 2.45) is 5.73 Å². The fraction of sp³-hybridized carbons (Fsp3) is 0.786. The third kappa shape index (κ3) is 4.68. The maximum Gasteiger partial charge on any atom is 0.259 e. The monoisotopic (exact) mass is 350 g/mol. The van der Waals surface area contributed by atoms with Gasteiger partial charge < -0.3 is 10.3 Å². The molecule has 1 aliphatic rings. The fourth-order valence-electron chi connectivity index (χ4n) is 2.85. The summed E-state index contributed by atoms with van der Waals surface area (Å²) in [6, 6.07) is 0. The first-order chi connectivity index (χ1) is 9.86. The number of sulfonamides is 1. The van der Waals surface area contributed by atoms with E-state index in [1.54, 1.807) is 13.1 Å². The van der Waals surface area contributed by atoms with E-state index in [0.29, 0.717) is 12.4 Å². The molecule has 2 rings (SSSR count). The molecular formula is C14H27ClN4O2S. The van der Waals surface area contributed by atoms with Crippen LogP contribution < -0.4 is 10.5 Å². The minimum absolute atomic E-state index is 0. The summed E-state index contributed by atoms with van der Waals surface area (Å²) in [4.78, 5) is 4.13. The molecule has 6 nitrogen and oxygen atoms in total. The maximum absolute atomic E-state index is 12.3. The zero-order valence-electron chi connectivity index (χ0n) is 13.3. The lowest BCUT2D eigenvalue weighted by atomic mass is 9.92. The second kappa shape index (κ2) is 7.77. The first-order valence-electron chi connectivity index (χ1n) is 7.69. The Morgan fingerprint density at radius 3 is 2.41 bits per heavy atom. The molecule has 0 bridgehead atoms.